The van der Waals surface area contributed by atoms with Crippen LogP contribution in [0.3, 0.4) is 0 Å². The monoisotopic (exact) mass is 251 g/mol. The molecule has 1 heterocycles. The van der Waals surface area contributed by atoms with E-state index < -0.39 is 0 Å². The summed E-state index contributed by atoms with van der Waals surface area (Å²) in [6.07, 6.45) is 1.63. The van der Waals surface area contributed by atoms with Crippen LogP contribution < -0.4 is 5.32 Å². The molecular formula is C13H21N3O2. The first-order valence-corrected chi connectivity index (χ1v) is 6.23. The number of rotatable bonds is 7. The Morgan fingerprint density at radius 2 is 2.28 bits per heavy atom. The topological polar surface area (TPSA) is 54.5 Å². The highest BCUT2D eigenvalue weighted by Gasteiger charge is 2.15. The first-order chi connectivity index (χ1) is 8.72. The van der Waals surface area contributed by atoms with Crippen LogP contribution in [0.4, 0.5) is 5.69 Å². The van der Waals surface area contributed by atoms with Gasteiger partial charge in [-0.1, -0.05) is 0 Å². The zero-order chi connectivity index (χ0) is 13.4. The molecule has 0 aliphatic rings. The number of nitrogens with one attached hydrogen (secondary N) is 1. The van der Waals surface area contributed by atoms with Gasteiger partial charge in [0.2, 0.25) is 0 Å². The van der Waals surface area contributed by atoms with Crippen molar-refractivity contribution in [3.63, 3.8) is 0 Å². The lowest BCUT2D eigenvalue weighted by atomic mass is 10.3. The summed E-state index contributed by atoms with van der Waals surface area (Å²) in [5, 5.41) is 3.00. The third-order valence-electron chi connectivity index (χ3n) is 2.65. The summed E-state index contributed by atoms with van der Waals surface area (Å²) in [5.41, 5.74) is 1.34. The van der Waals surface area contributed by atoms with Crippen LogP contribution in [0.1, 0.15) is 24.3 Å². The Hall–Kier alpha value is -1.62. The van der Waals surface area contributed by atoms with Crippen molar-refractivity contribution >= 4 is 11.6 Å². The molecule has 0 aromatic carbocycles. The van der Waals surface area contributed by atoms with E-state index in [9.17, 15) is 4.79 Å². The minimum atomic E-state index is -0.0608. The summed E-state index contributed by atoms with van der Waals surface area (Å²) in [4.78, 5) is 18.1. The van der Waals surface area contributed by atoms with E-state index in [1.807, 2.05) is 27.0 Å². The first-order valence-electron chi connectivity index (χ1n) is 6.23. The van der Waals surface area contributed by atoms with Crippen LogP contribution in [0.25, 0.3) is 0 Å². The molecule has 5 heteroatoms. The van der Waals surface area contributed by atoms with E-state index in [1.54, 1.807) is 17.2 Å². The molecule has 100 valence electrons. The average molecular weight is 251 g/mol. The van der Waals surface area contributed by atoms with E-state index in [0.717, 1.165) is 5.69 Å². The SMILES string of the molecule is CCOCCN(CC)C(=O)c1cc(NC)ccn1. The molecule has 0 radical (unpaired) electrons. The lowest BCUT2D eigenvalue weighted by Gasteiger charge is -2.20. The third-order valence-corrected chi connectivity index (χ3v) is 2.65. The Kier molecular flexibility index (Phi) is 6.14. The third kappa shape index (κ3) is 4.00. The van der Waals surface area contributed by atoms with Gasteiger partial charge >= 0.3 is 0 Å². The van der Waals surface area contributed by atoms with Gasteiger partial charge in [-0.05, 0) is 26.0 Å². The van der Waals surface area contributed by atoms with Crippen LogP contribution in [-0.4, -0.2) is 49.1 Å². The van der Waals surface area contributed by atoms with E-state index >= 15 is 0 Å². The van der Waals surface area contributed by atoms with Crippen molar-refractivity contribution in [2.24, 2.45) is 0 Å². The highest BCUT2D eigenvalue weighted by Crippen LogP contribution is 2.09. The zero-order valence-corrected chi connectivity index (χ0v) is 11.3. The molecular weight excluding hydrogens is 230 g/mol. The molecule has 0 bridgehead atoms. The second kappa shape index (κ2) is 7.66. The molecule has 5 nitrogen and oxygen atoms in total. The predicted octanol–water partition coefficient (Wildman–Crippen LogP) is 1.62. The first kappa shape index (κ1) is 14.4. The van der Waals surface area contributed by atoms with Crippen LogP contribution in [0.2, 0.25) is 0 Å². The summed E-state index contributed by atoms with van der Waals surface area (Å²) in [7, 11) is 1.82. The average Bonchev–Trinajstić information content (AvgIpc) is 2.43. The van der Waals surface area contributed by atoms with Gasteiger partial charge in [0, 0.05) is 38.6 Å². The number of likely N-dealkylation sites (N-methyl/N-ethyl adjacent to an activating group) is 1. The van der Waals surface area contributed by atoms with Gasteiger partial charge < -0.3 is 15.0 Å². The number of carbonyl (C=O) groups is 1. The maximum Gasteiger partial charge on any atom is 0.272 e. The van der Waals surface area contributed by atoms with Gasteiger partial charge in [0.05, 0.1) is 6.61 Å². The van der Waals surface area contributed by atoms with Gasteiger partial charge in [-0.2, -0.15) is 0 Å². The molecule has 1 N–H and O–H groups in total. The van der Waals surface area contributed by atoms with Crippen molar-refractivity contribution < 1.29 is 9.53 Å². The number of amides is 1. The van der Waals surface area contributed by atoms with E-state index in [4.69, 9.17) is 4.74 Å². The number of ether oxygens (including phenoxy) is 1. The summed E-state index contributed by atoms with van der Waals surface area (Å²) < 4.78 is 5.27. The van der Waals surface area contributed by atoms with Crippen LogP contribution in [0.5, 0.6) is 0 Å². The molecule has 0 saturated heterocycles. The number of carbonyl (C=O) groups excluding carboxylic acids is 1. The molecule has 0 aliphatic heterocycles. The Labute approximate surface area is 108 Å². The Morgan fingerprint density at radius 1 is 1.50 bits per heavy atom. The van der Waals surface area contributed by atoms with Gasteiger partial charge in [-0.15, -0.1) is 0 Å². The van der Waals surface area contributed by atoms with Gasteiger partial charge in [0.1, 0.15) is 5.69 Å². The van der Waals surface area contributed by atoms with E-state index in [2.05, 4.69) is 10.3 Å². The Balaban J connectivity index is 2.69. The predicted molar refractivity (Wildman–Crippen MR) is 71.9 cm³/mol. The van der Waals surface area contributed by atoms with Gasteiger partial charge in [0.15, 0.2) is 0 Å². The molecule has 0 aliphatic carbocycles. The number of anilines is 1. The quantitative estimate of drug-likeness (QED) is 0.748. The summed E-state index contributed by atoms with van der Waals surface area (Å²) >= 11 is 0. The van der Waals surface area contributed by atoms with Crippen LogP contribution in [0.15, 0.2) is 18.3 Å². The molecule has 1 rings (SSSR count). The number of pyridine rings is 1. The molecule has 18 heavy (non-hydrogen) atoms. The molecule has 1 amide bonds. The molecule has 1 aromatic rings. The van der Waals surface area contributed by atoms with Crippen molar-refractivity contribution in [1.82, 2.24) is 9.88 Å². The maximum absolute atomic E-state index is 12.2. The molecule has 0 saturated carbocycles. The Bertz CT molecular complexity index is 382. The number of nitrogens with zero attached hydrogens (tertiary/aromatic N) is 2. The maximum atomic E-state index is 12.2. The van der Waals surface area contributed by atoms with Gasteiger partial charge in [-0.3, -0.25) is 9.78 Å². The normalized spacial score (nSPS) is 10.2. The molecule has 1 aromatic heterocycles. The minimum Gasteiger partial charge on any atom is -0.388 e. The minimum absolute atomic E-state index is 0.0608. The smallest absolute Gasteiger partial charge is 0.272 e. The largest absolute Gasteiger partial charge is 0.388 e. The van der Waals surface area contributed by atoms with E-state index in [-0.39, 0.29) is 5.91 Å². The fourth-order valence-electron chi connectivity index (χ4n) is 1.59. The van der Waals surface area contributed by atoms with Crippen molar-refractivity contribution in [2.75, 3.05) is 38.7 Å². The number of hydrogen-bond donors (Lipinski definition) is 1. The van der Waals surface area contributed by atoms with E-state index in [0.29, 0.717) is 32.0 Å². The van der Waals surface area contributed by atoms with Crippen LogP contribution in [-0.2, 0) is 4.74 Å². The van der Waals surface area contributed by atoms with Crippen molar-refractivity contribution in [2.45, 2.75) is 13.8 Å². The Morgan fingerprint density at radius 3 is 2.89 bits per heavy atom. The van der Waals surface area contributed by atoms with Crippen molar-refractivity contribution in [3.05, 3.63) is 24.0 Å². The number of aromatic nitrogens is 1. The van der Waals surface area contributed by atoms with E-state index in [1.165, 1.54) is 0 Å². The lowest BCUT2D eigenvalue weighted by molar-refractivity contribution is 0.0664. The summed E-state index contributed by atoms with van der Waals surface area (Å²) in [6, 6.07) is 3.58. The highest BCUT2D eigenvalue weighted by atomic mass is 16.5. The second-order valence-electron chi connectivity index (χ2n) is 3.76. The fourth-order valence-corrected chi connectivity index (χ4v) is 1.59. The summed E-state index contributed by atoms with van der Waals surface area (Å²) in [5.74, 6) is -0.0608. The molecule has 0 atom stereocenters. The fraction of sp³-hybridized carbons (Fsp3) is 0.538. The standard InChI is InChI=1S/C13H21N3O2/c1-4-16(8-9-18-5-2)13(17)12-10-11(14-3)6-7-15-12/h6-7,10H,4-5,8-9H2,1-3H3,(H,14,15). The lowest BCUT2D eigenvalue weighted by Crippen LogP contribution is -2.34. The number of hydrogen-bond acceptors (Lipinski definition) is 4. The molecule has 0 fully saturated rings. The van der Waals surface area contributed by atoms with Crippen LogP contribution >= 0.6 is 0 Å². The van der Waals surface area contributed by atoms with Crippen molar-refractivity contribution in [3.8, 4) is 0 Å². The van der Waals surface area contributed by atoms with Gasteiger partial charge in [-0.25, -0.2) is 0 Å². The highest BCUT2D eigenvalue weighted by molar-refractivity contribution is 5.93. The van der Waals surface area contributed by atoms with Crippen molar-refractivity contribution in [1.29, 1.82) is 0 Å². The summed E-state index contributed by atoms with van der Waals surface area (Å²) in [6.45, 7) is 6.36. The van der Waals surface area contributed by atoms with Gasteiger partial charge in [0.25, 0.3) is 5.91 Å². The van der Waals surface area contributed by atoms with Crippen LogP contribution in [0, 0.1) is 0 Å². The second-order valence-corrected chi connectivity index (χ2v) is 3.76. The molecule has 0 unspecified atom stereocenters. The zero-order valence-electron chi connectivity index (χ0n) is 11.3. The molecule has 0 spiro atoms.